The standard InChI is InChI=1S/C14H18OSi/c1-5-13-9-6-7-10-14(13)15-11-8-12-16(2,3)4/h5-7,9-10H,1,11H2,2-4H3. The molecule has 84 valence electrons. The molecule has 1 aromatic rings. The molecular weight excluding hydrogens is 212 g/mol. The van der Waals surface area contributed by atoms with Crippen molar-refractivity contribution in [2.24, 2.45) is 0 Å². The maximum atomic E-state index is 5.60. The fourth-order valence-electron chi connectivity index (χ4n) is 1.20. The van der Waals surface area contributed by atoms with Gasteiger partial charge in [0.1, 0.15) is 20.4 Å². The molecule has 16 heavy (non-hydrogen) atoms. The molecule has 0 saturated carbocycles. The summed E-state index contributed by atoms with van der Waals surface area (Å²) in [6, 6.07) is 7.84. The van der Waals surface area contributed by atoms with Crippen molar-refractivity contribution >= 4 is 14.1 Å². The van der Waals surface area contributed by atoms with E-state index in [1.54, 1.807) is 6.08 Å². The van der Waals surface area contributed by atoms with Gasteiger partial charge in [-0.15, -0.1) is 5.54 Å². The van der Waals surface area contributed by atoms with E-state index in [4.69, 9.17) is 4.74 Å². The smallest absolute Gasteiger partial charge is 0.148 e. The molecule has 0 aromatic heterocycles. The van der Waals surface area contributed by atoms with Crippen molar-refractivity contribution in [3.63, 3.8) is 0 Å². The first kappa shape index (κ1) is 12.6. The van der Waals surface area contributed by atoms with Gasteiger partial charge in [-0.1, -0.05) is 56.4 Å². The number of para-hydroxylation sites is 1. The van der Waals surface area contributed by atoms with Gasteiger partial charge >= 0.3 is 0 Å². The summed E-state index contributed by atoms with van der Waals surface area (Å²) >= 11 is 0. The third-order valence-corrected chi connectivity index (χ3v) is 2.83. The van der Waals surface area contributed by atoms with Gasteiger partial charge in [0, 0.05) is 5.56 Å². The molecule has 2 heteroatoms. The predicted molar refractivity (Wildman–Crippen MR) is 73.2 cm³/mol. The van der Waals surface area contributed by atoms with Gasteiger partial charge < -0.3 is 4.74 Å². The first-order chi connectivity index (χ1) is 7.53. The van der Waals surface area contributed by atoms with E-state index in [1.165, 1.54) is 0 Å². The molecule has 0 unspecified atom stereocenters. The molecule has 0 aliphatic carbocycles. The van der Waals surface area contributed by atoms with Gasteiger partial charge in [0.15, 0.2) is 0 Å². The van der Waals surface area contributed by atoms with Gasteiger partial charge in [-0.3, -0.25) is 0 Å². The van der Waals surface area contributed by atoms with Crippen LogP contribution in [0.1, 0.15) is 5.56 Å². The van der Waals surface area contributed by atoms with E-state index in [0.717, 1.165) is 11.3 Å². The lowest BCUT2D eigenvalue weighted by Crippen LogP contribution is -2.16. The van der Waals surface area contributed by atoms with Gasteiger partial charge in [-0.25, -0.2) is 0 Å². The van der Waals surface area contributed by atoms with E-state index < -0.39 is 8.07 Å². The Hall–Kier alpha value is -1.46. The Labute approximate surface area is 99.2 Å². The zero-order valence-corrected chi connectivity index (χ0v) is 11.2. The summed E-state index contributed by atoms with van der Waals surface area (Å²) in [5.41, 5.74) is 4.28. The van der Waals surface area contributed by atoms with E-state index in [1.807, 2.05) is 24.3 Å². The topological polar surface area (TPSA) is 9.23 Å². The SMILES string of the molecule is C=Cc1ccccc1OCC#C[Si](C)(C)C. The Balaban J connectivity index is 2.61. The van der Waals surface area contributed by atoms with Gasteiger partial charge in [0.2, 0.25) is 0 Å². The molecule has 0 bridgehead atoms. The zero-order chi connectivity index (χ0) is 12.0. The molecule has 0 radical (unpaired) electrons. The number of rotatable bonds is 3. The van der Waals surface area contributed by atoms with Crippen molar-refractivity contribution in [3.05, 3.63) is 36.4 Å². The van der Waals surface area contributed by atoms with Crippen LogP contribution in [0.5, 0.6) is 5.75 Å². The highest BCUT2D eigenvalue weighted by Crippen LogP contribution is 2.18. The molecule has 1 rings (SSSR count). The van der Waals surface area contributed by atoms with Crippen molar-refractivity contribution in [2.75, 3.05) is 6.61 Å². The Bertz CT molecular complexity index is 418. The number of hydrogen-bond donors (Lipinski definition) is 0. The van der Waals surface area contributed by atoms with E-state index in [0.29, 0.717) is 6.61 Å². The van der Waals surface area contributed by atoms with Crippen LogP contribution in [0.4, 0.5) is 0 Å². The van der Waals surface area contributed by atoms with E-state index in [9.17, 15) is 0 Å². The number of ether oxygens (including phenoxy) is 1. The summed E-state index contributed by atoms with van der Waals surface area (Å²) in [6.45, 7) is 10.9. The average molecular weight is 230 g/mol. The second kappa shape index (κ2) is 5.57. The molecular formula is C14H18OSi. The van der Waals surface area contributed by atoms with Gasteiger partial charge in [-0.05, 0) is 6.07 Å². The largest absolute Gasteiger partial charge is 0.480 e. The van der Waals surface area contributed by atoms with Gasteiger partial charge in [-0.2, -0.15) is 0 Å². The van der Waals surface area contributed by atoms with Gasteiger partial charge in [0.25, 0.3) is 0 Å². The van der Waals surface area contributed by atoms with Crippen LogP contribution < -0.4 is 4.74 Å². The van der Waals surface area contributed by atoms with E-state index in [-0.39, 0.29) is 0 Å². The zero-order valence-electron chi connectivity index (χ0n) is 10.2. The number of hydrogen-bond acceptors (Lipinski definition) is 1. The Morgan fingerprint density at radius 3 is 2.62 bits per heavy atom. The molecule has 0 aliphatic heterocycles. The highest BCUT2D eigenvalue weighted by atomic mass is 28.3. The van der Waals surface area contributed by atoms with Crippen molar-refractivity contribution < 1.29 is 4.74 Å². The maximum Gasteiger partial charge on any atom is 0.148 e. The minimum absolute atomic E-state index is 0.453. The minimum Gasteiger partial charge on any atom is -0.480 e. The lowest BCUT2D eigenvalue weighted by atomic mass is 10.2. The normalized spacial score (nSPS) is 10.2. The summed E-state index contributed by atoms with van der Waals surface area (Å²) < 4.78 is 5.60. The quantitative estimate of drug-likeness (QED) is 0.569. The third kappa shape index (κ3) is 4.37. The lowest BCUT2D eigenvalue weighted by Gasteiger charge is -2.06. The molecule has 0 fully saturated rings. The Kier molecular flexibility index (Phi) is 4.39. The average Bonchev–Trinajstić information content (AvgIpc) is 2.23. The summed E-state index contributed by atoms with van der Waals surface area (Å²) in [4.78, 5) is 0. The van der Waals surface area contributed by atoms with Crippen LogP contribution >= 0.6 is 0 Å². The van der Waals surface area contributed by atoms with Crippen molar-refractivity contribution in [1.82, 2.24) is 0 Å². The van der Waals surface area contributed by atoms with Gasteiger partial charge in [0.05, 0.1) is 0 Å². The second-order valence-corrected chi connectivity index (χ2v) is 9.33. The van der Waals surface area contributed by atoms with Crippen molar-refractivity contribution in [2.45, 2.75) is 19.6 Å². The fourth-order valence-corrected chi connectivity index (χ4v) is 1.80. The molecule has 0 amide bonds. The Morgan fingerprint density at radius 2 is 2.00 bits per heavy atom. The van der Waals surface area contributed by atoms with Crippen LogP contribution in [0.2, 0.25) is 19.6 Å². The third-order valence-electron chi connectivity index (χ3n) is 1.90. The van der Waals surface area contributed by atoms with E-state index in [2.05, 4.69) is 37.7 Å². The predicted octanol–water partition coefficient (Wildman–Crippen LogP) is 3.59. The molecule has 1 nitrogen and oxygen atoms in total. The summed E-state index contributed by atoms with van der Waals surface area (Å²) in [5, 5.41) is 0. The van der Waals surface area contributed by atoms with Crippen LogP contribution in [0, 0.1) is 11.5 Å². The Morgan fingerprint density at radius 1 is 1.31 bits per heavy atom. The fraction of sp³-hybridized carbons (Fsp3) is 0.286. The highest BCUT2D eigenvalue weighted by molar-refractivity contribution is 6.83. The second-order valence-electron chi connectivity index (χ2n) is 4.58. The highest BCUT2D eigenvalue weighted by Gasteiger charge is 2.07. The van der Waals surface area contributed by atoms with Crippen LogP contribution in [-0.2, 0) is 0 Å². The first-order valence-corrected chi connectivity index (χ1v) is 8.87. The maximum absolute atomic E-state index is 5.60. The lowest BCUT2D eigenvalue weighted by molar-refractivity contribution is 0.369. The minimum atomic E-state index is -1.28. The van der Waals surface area contributed by atoms with Crippen LogP contribution in [0.15, 0.2) is 30.8 Å². The molecule has 0 heterocycles. The van der Waals surface area contributed by atoms with Crippen LogP contribution in [0.3, 0.4) is 0 Å². The molecule has 0 saturated heterocycles. The van der Waals surface area contributed by atoms with E-state index >= 15 is 0 Å². The molecule has 1 aromatic carbocycles. The van der Waals surface area contributed by atoms with Crippen molar-refractivity contribution in [1.29, 1.82) is 0 Å². The molecule has 0 aliphatic rings. The summed E-state index contributed by atoms with van der Waals surface area (Å²) in [6.07, 6.45) is 1.79. The molecule has 0 spiro atoms. The first-order valence-electron chi connectivity index (χ1n) is 5.37. The molecule has 0 N–H and O–H groups in total. The van der Waals surface area contributed by atoms with Crippen LogP contribution in [-0.4, -0.2) is 14.7 Å². The summed E-state index contributed by atoms with van der Waals surface area (Å²) in [5.74, 6) is 3.93. The molecule has 0 atom stereocenters. The monoisotopic (exact) mass is 230 g/mol. The number of benzene rings is 1. The van der Waals surface area contributed by atoms with Crippen LogP contribution in [0.25, 0.3) is 6.08 Å². The van der Waals surface area contributed by atoms with Crippen molar-refractivity contribution in [3.8, 4) is 17.2 Å². The summed E-state index contributed by atoms with van der Waals surface area (Å²) in [7, 11) is -1.28.